The van der Waals surface area contributed by atoms with Gasteiger partial charge in [-0.3, -0.25) is 9.59 Å². The normalized spacial score (nSPS) is 31.2. The van der Waals surface area contributed by atoms with Crippen LogP contribution in [-0.2, 0) is 19.1 Å². The number of hydrogen-bond donors (Lipinski definition) is 3. The number of aryl methyl sites for hydroxylation is 1. The molecular weight excluding hydrogens is 492 g/mol. The number of hydrogen-bond acceptors (Lipinski definition) is 7. The lowest BCUT2D eigenvalue weighted by atomic mass is 10.0. The summed E-state index contributed by atoms with van der Waals surface area (Å²) in [6.45, 7) is 7.25. The Morgan fingerprint density at radius 3 is 2.66 bits per heavy atom. The Morgan fingerprint density at radius 2 is 2.00 bits per heavy atom. The van der Waals surface area contributed by atoms with E-state index in [0.717, 1.165) is 25.0 Å². The number of carboxylic acid groups (broad SMARTS) is 1. The second kappa shape index (κ2) is 10.7. The highest BCUT2D eigenvalue weighted by molar-refractivity contribution is 5.96. The molecule has 38 heavy (non-hydrogen) atoms. The van der Waals surface area contributed by atoms with Gasteiger partial charge in [0.2, 0.25) is 11.8 Å². The largest absolute Gasteiger partial charge is 0.479 e. The molecule has 2 aliphatic heterocycles. The summed E-state index contributed by atoms with van der Waals surface area (Å²) in [6.07, 6.45) is 8.84. The lowest BCUT2D eigenvalue weighted by Gasteiger charge is -2.30. The molecule has 3 aliphatic rings. The Bertz CT molecular complexity index is 1110. The first-order valence-corrected chi connectivity index (χ1v) is 13.3. The van der Waals surface area contributed by atoms with Crippen LogP contribution in [0.3, 0.4) is 0 Å². The summed E-state index contributed by atoms with van der Waals surface area (Å²) in [5.74, 6) is -2.31. The third-order valence-electron chi connectivity index (χ3n) is 7.43. The van der Waals surface area contributed by atoms with E-state index in [4.69, 9.17) is 4.74 Å². The highest BCUT2D eigenvalue weighted by Crippen LogP contribution is 2.45. The standard InChI is InChI=1S/C26H38N6O6/c1-16-14-27-30-32(16)18-12-20-21(33)29-26(23(35)36)13-17(26)10-8-6-5-7-9-11-19(22(34)31(20)15-18)28-24(37)38-25(2,3)4/h8,10,14,17-20H,5-7,9,11-13,15H2,1-4H3,(H,28,37)(H,29,33)(H,35,36)/b10-8-/t17-,18-,19+,20+,26-/m1/s1. The van der Waals surface area contributed by atoms with Crippen molar-refractivity contribution in [3.8, 4) is 0 Å². The fourth-order valence-corrected chi connectivity index (χ4v) is 5.36. The molecular formula is C26H38N6O6. The van der Waals surface area contributed by atoms with E-state index in [9.17, 15) is 24.3 Å². The summed E-state index contributed by atoms with van der Waals surface area (Å²) in [7, 11) is 0. The van der Waals surface area contributed by atoms with Crippen LogP contribution in [0.5, 0.6) is 0 Å². The first-order valence-electron chi connectivity index (χ1n) is 13.3. The molecule has 0 spiro atoms. The molecule has 1 aromatic heterocycles. The maximum absolute atomic E-state index is 13.9. The molecule has 12 heteroatoms. The molecule has 12 nitrogen and oxygen atoms in total. The van der Waals surface area contributed by atoms with Gasteiger partial charge in [0.1, 0.15) is 23.2 Å². The highest BCUT2D eigenvalue weighted by atomic mass is 16.6. The van der Waals surface area contributed by atoms with Gasteiger partial charge in [-0.25, -0.2) is 14.3 Å². The maximum Gasteiger partial charge on any atom is 0.408 e. The van der Waals surface area contributed by atoms with Crippen molar-refractivity contribution >= 4 is 23.9 Å². The van der Waals surface area contributed by atoms with Crippen molar-refractivity contribution in [2.45, 2.75) is 102 Å². The van der Waals surface area contributed by atoms with Gasteiger partial charge in [0.05, 0.1) is 17.9 Å². The average Bonchev–Trinajstić information content (AvgIpc) is 3.13. The number of ether oxygens (including phenoxy) is 1. The van der Waals surface area contributed by atoms with Crippen molar-refractivity contribution in [1.29, 1.82) is 0 Å². The SMILES string of the molecule is Cc1cnnn1[C@@H]1C[C@H]2C(=O)N[C@]3(C(=O)O)C[C@H]3/C=C\CCCCC[C@H](NC(=O)OC(C)(C)C)C(=O)N2C1. The zero-order chi connectivity index (χ0) is 27.7. The van der Waals surface area contributed by atoms with Gasteiger partial charge in [-0.1, -0.05) is 30.2 Å². The molecule has 1 saturated heterocycles. The van der Waals surface area contributed by atoms with Gasteiger partial charge in [-0.05, 0) is 53.4 Å². The molecule has 3 heterocycles. The Labute approximate surface area is 222 Å². The van der Waals surface area contributed by atoms with Crippen LogP contribution in [0.1, 0.15) is 77.5 Å². The number of carbonyl (C=O) groups excluding carboxylic acids is 3. The highest BCUT2D eigenvalue weighted by Gasteiger charge is 2.61. The zero-order valence-corrected chi connectivity index (χ0v) is 22.5. The number of amides is 3. The minimum atomic E-state index is -1.38. The van der Waals surface area contributed by atoms with Crippen molar-refractivity contribution in [3.63, 3.8) is 0 Å². The topological polar surface area (TPSA) is 156 Å². The van der Waals surface area contributed by atoms with Crippen molar-refractivity contribution in [3.05, 3.63) is 24.0 Å². The summed E-state index contributed by atoms with van der Waals surface area (Å²) in [6, 6.07) is -2.14. The van der Waals surface area contributed by atoms with E-state index in [0.29, 0.717) is 19.3 Å². The number of nitrogens with one attached hydrogen (secondary N) is 2. The smallest absolute Gasteiger partial charge is 0.408 e. The molecule has 0 unspecified atom stereocenters. The van der Waals surface area contributed by atoms with Crippen LogP contribution in [0, 0.1) is 12.8 Å². The van der Waals surface area contributed by atoms with Crippen LogP contribution in [0.4, 0.5) is 4.79 Å². The first-order chi connectivity index (χ1) is 17.9. The molecule has 1 aliphatic carbocycles. The molecule has 3 N–H and O–H groups in total. The van der Waals surface area contributed by atoms with Gasteiger partial charge in [-0.15, -0.1) is 5.10 Å². The molecule has 208 valence electrons. The molecule has 0 bridgehead atoms. The molecule has 4 rings (SSSR count). The number of rotatable bonds is 3. The van der Waals surface area contributed by atoms with Crippen molar-refractivity contribution in [2.75, 3.05) is 6.54 Å². The lowest BCUT2D eigenvalue weighted by Crippen LogP contribution is -2.56. The maximum atomic E-state index is 13.9. The van der Waals surface area contributed by atoms with Gasteiger partial charge in [0.25, 0.3) is 0 Å². The fourth-order valence-electron chi connectivity index (χ4n) is 5.36. The Kier molecular flexibility index (Phi) is 7.80. The van der Waals surface area contributed by atoms with E-state index in [-0.39, 0.29) is 24.9 Å². The van der Waals surface area contributed by atoms with E-state index >= 15 is 0 Å². The van der Waals surface area contributed by atoms with E-state index in [1.54, 1.807) is 31.6 Å². The van der Waals surface area contributed by atoms with Crippen LogP contribution in [-0.4, -0.2) is 78.6 Å². The summed E-state index contributed by atoms with van der Waals surface area (Å²) in [4.78, 5) is 53.8. The number of fused-ring (bicyclic) bond motifs is 2. The fraction of sp³-hybridized carbons (Fsp3) is 0.692. The molecule has 0 aromatic carbocycles. The van der Waals surface area contributed by atoms with Gasteiger partial charge in [-0.2, -0.15) is 0 Å². The summed E-state index contributed by atoms with van der Waals surface area (Å²) in [5.41, 5.74) is -1.34. The van der Waals surface area contributed by atoms with Crippen molar-refractivity contribution in [2.24, 2.45) is 5.92 Å². The van der Waals surface area contributed by atoms with Crippen LogP contribution in [0.2, 0.25) is 0 Å². The van der Waals surface area contributed by atoms with Gasteiger partial charge in [0, 0.05) is 18.9 Å². The van der Waals surface area contributed by atoms with E-state index < -0.39 is 47.1 Å². The molecule has 0 radical (unpaired) electrons. The Balaban J connectivity index is 1.64. The number of aromatic nitrogens is 3. The third-order valence-corrected chi connectivity index (χ3v) is 7.43. The quantitative estimate of drug-likeness (QED) is 0.502. The minimum Gasteiger partial charge on any atom is -0.479 e. The number of aliphatic carboxylic acids is 1. The van der Waals surface area contributed by atoms with Crippen molar-refractivity contribution in [1.82, 2.24) is 30.5 Å². The molecule has 1 aromatic rings. The minimum absolute atomic E-state index is 0.178. The Morgan fingerprint density at radius 1 is 1.24 bits per heavy atom. The second-order valence-corrected chi connectivity index (χ2v) is 11.6. The zero-order valence-electron chi connectivity index (χ0n) is 22.5. The number of allylic oxidation sites excluding steroid dienone is 1. The Hall–Kier alpha value is -3.44. The number of nitrogens with zero attached hydrogens (tertiary/aromatic N) is 4. The van der Waals surface area contributed by atoms with Crippen molar-refractivity contribution < 1.29 is 29.0 Å². The summed E-state index contributed by atoms with van der Waals surface area (Å²) >= 11 is 0. The molecule has 5 atom stereocenters. The van der Waals surface area contributed by atoms with E-state index in [1.807, 2.05) is 19.1 Å². The number of carboxylic acids is 1. The van der Waals surface area contributed by atoms with Gasteiger partial charge >= 0.3 is 12.1 Å². The van der Waals surface area contributed by atoms with Crippen LogP contribution < -0.4 is 10.6 Å². The number of alkyl carbamates (subject to hydrolysis) is 1. The van der Waals surface area contributed by atoms with E-state index in [1.165, 1.54) is 4.90 Å². The molecule has 3 amide bonds. The lowest BCUT2D eigenvalue weighted by molar-refractivity contribution is -0.145. The summed E-state index contributed by atoms with van der Waals surface area (Å²) < 4.78 is 7.08. The summed E-state index contributed by atoms with van der Waals surface area (Å²) in [5, 5.41) is 23.5. The van der Waals surface area contributed by atoms with Crippen LogP contribution in [0.15, 0.2) is 18.3 Å². The number of carbonyl (C=O) groups is 4. The average molecular weight is 531 g/mol. The monoisotopic (exact) mass is 530 g/mol. The second-order valence-electron chi connectivity index (χ2n) is 11.6. The predicted molar refractivity (Wildman–Crippen MR) is 136 cm³/mol. The van der Waals surface area contributed by atoms with Crippen LogP contribution in [0.25, 0.3) is 0 Å². The van der Waals surface area contributed by atoms with Gasteiger partial charge < -0.3 is 25.4 Å². The first kappa shape index (κ1) is 27.6. The molecule has 2 fully saturated rings. The van der Waals surface area contributed by atoms with Crippen LogP contribution >= 0.6 is 0 Å². The van der Waals surface area contributed by atoms with E-state index in [2.05, 4.69) is 20.9 Å². The third kappa shape index (κ3) is 5.99. The van der Waals surface area contributed by atoms with Gasteiger partial charge in [0.15, 0.2) is 0 Å². The molecule has 1 saturated carbocycles. The predicted octanol–water partition coefficient (Wildman–Crippen LogP) is 2.10.